The van der Waals surface area contributed by atoms with Crippen molar-refractivity contribution < 1.29 is 23.9 Å². The van der Waals surface area contributed by atoms with Crippen molar-refractivity contribution in [2.45, 2.75) is 58.2 Å². The lowest BCUT2D eigenvalue weighted by Crippen LogP contribution is -2.48. The minimum absolute atomic E-state index is 0.325. The summed E-state index contributed by atoms with van der Waals surface area (Å²) in [5, 5.41) is 8.21. The molecule has 188 valence electrons. The van der Waals surface area contributed by atoms with E-state index in [1.807, 2.05) is 30.3 Å². The Bertz CT molecular complexity index is 998. The average Bonchev–Trinajstić information content (AvgIpc) is 2.80. The van der Waals surface area contributed by atoms with Gasteiger partial charge < -0.3 is 25.4 Å². The third-order valence-corrected chi connectivity index (χ3v) is 4.88. The molecule has 0 saturated heterocycles. The predicted molar refractivity (Wildman–Crippen MR) is 136 cm³/mol. The van der Waals surface area contributed by atoms with E-state index in [0.717, 1.165) is 5.56 Å². The topological polar surface area (TPSA) is 106 Å². The number of carbonyl (C=O) groups is 3. The first-order valence-electron chi connectivity index (χ1n) is 11.5. The lowest BCUT2D eigenvalue weighted by Gasteiger charge is -2.23. The fraction of sp³-hybridized carbons (Fsp3) is 0.370. The van der Waals surface area contributed by atoms with Gasteiger partial charge in [0, 0.05) is 17.8 Å². The molecule has 0 heterocycles. The van der Waals surface area contributed by atoms with Gasteiger partial charge in [-0.25, -0.2) is 4.79 Å². The van der Waals surface area contributed by atoms with Crippen LogP contribution in [-0.2, 0) is 20.7 Å². The van der Waals surface area contributed by atoms with Crippen LogP contribution in [-0.4, -0.2) is 42.7 Å². The number of hydrogen-bond acceptors (Lipinski definition) is 5. The van der Waals surface area contributed by atoms with Crippen LogP contribution < -0.4 is 20.7 Å². The average molecular weight is 482 g/mol. The Labute approximate surface area is 207 Å². The molecule has 0 fully saturated rings. The monoisotopic (exact) mass is 481 g/mol. The third kappa shape index (κ3) is 10.8. The van der Waals surface area contributed by atoms with Gasteiger partial charge in [0.05, 0.1) is 7.11 Å². The van der Waals surface area contributed by atoms with Crippen molar-refractivity contribution in [1.29, 1.82) is 0 Å². The zero-order valence-corrected chi connectivity index (χ0v) is 21.0. The van der Waals surface area contributed by atoms with Gasteiger partial charge in [0.2, 0.25) is 11.8 Å². The molecule has 2 atom stereocenters. The molecule has 0 aromatic heterocycles. The minimum atomic E-state index is -0.814. The van der Waals surface area contributed by atoms with E-state index in [1.165, 1.54) is 6.08 Å². The smallest absolute Gasteiger partial charge is 0.408 e. The van der Waals surface area contributed by atoms with Gasteiger partial charge in [-0.05, 0) is 70.4 Å². The largest absolute Gasteiger partial charge is 0.497 e. The summed E-state index contributed by atoms with van der Waals surface area (Å²) in [6.45, 7) is 6.82. The van der Waals surface area contributed by atoms with Crippen molar-refractivity contribution in [3.05, 3.63) is 72.3 Å². The lowest BCUT2D eigenvalue weighted by atomic mass is 10.0. The van der Waals surface area contributed by atoms with Gasteiger partial charge in [-0.15, -0.1) is 0 Å². The molecule has 2 rings (SSSR count). The van der Waals surface area contributed by atoms with E-state index in [2.05, 4.69) is 16.0 Å². The second kappa shape index (κ2) is 13.2. The molecule has 0 aliphatic heterocycles. The Hall–Kier alpha value is -3.81. The number of alkyl carbamates (subject to hydrolysis) is 1. The summed E-state index contributed by atoms with van der Waals surface area (Å²) in [7, 11) is 1.57. The molecule has 2 aromatic carbocycles. The van der Waals surface area contributed by atoms with E-state index < -0.39 is 23.8 Å². The second-order valence-electron chi connectivity index (χ2n) is 9.08. The van der Waals surface area contributed by atoms with Gasteiger partial charge in [0.15, 0.2) is 0 Å². The number of anilines is 1. The van der Waals surface area contributed by atoms with E-state index in [-0.39, 0.29) is 11.8 Å². The Morgan fingerprint density at radius 1 is 0.971 bits per heavy atom. The van der Waals surface area contributed by atoms with Crippen LogP contribution >= 0.6 is 0 Å². The van der Waals surface area contributed by atoms with Crippen LogP contribution in [0.15, 0.2) is 66.7 Å². The lowest BCUT2D eigenvalue weighted by molar-refractivity contribution is -0.123. The molecule has 2 unspecified atom stereocenters. The molecule has 8 heteroatoms. The van der Waals surface area contributed by atoms with Crippen LogP contribution in [0.3, 0.4) is 0 Å². The Kier molecular flexibility index (Phi) is 10.3. The van der Waals surface area contributed by atoms with Crippen molar-refractivity contribution in [3.8, 4) is 5.75 Å². The van der Waals surface area contributed by atoms with Gasteiger partial charge in [-0.2, -0.15) is 0 Å². The number of benzene rings is 2. The standard InChI is InChI=1S/C27H35N3O5/c1-19(28-26(33)35-27(2,3)4)25(32)30-22(12-11-20-9-7-6-8-10-20)15-18-24(31)29-21-13-16-23(34-5)17-14-21/h6-10,13-19,22H,11-12H2,1-5H3,(H,28,33)(H,29,31)(H,30,32). The van der Waals surface area contributed by atoms with Crippen molar-refractivity contribution in [2.24, 2.45) is 0 Å². The maximum absolute atomic E-state index is 12.7. The predicted octanol–water partition coefficient (Wildman–Crippen LogP) is 4.22. The summed E-state index contributed by atoms with van der Waals surface area (Å²) in [6, 6.07) is 15.6. The van der Waals surface area contributed by atoms with Crippen LogP contribution in [0.25, 0.3) is 0 Å². The first-order chi connectivity index (χ1) is 16.6. The molecular formula is C27H35N3O5. The zero-order valence-electron chi connectivity index (χ0n) is 21.0. The number of ether oxygens (including phenoxy) is 2. The Morgan fingerprint density at radius 3 is 2.23 bits per heavy atom. The SMILES string of the molecule is COc1ccc(NC(=O)C=CC(CCc2ccccc2)NC(=O)C(C)NC(=O)OC(C)(C)C)cc1. The van der Waals surface area contributed by atoms with E-state index in [0.29, 0.717) is 24.3 Å². The number of rotatable bonds is 10. The Morgan fingerprint density at radius 2 is 1.63 bits per heavy atom. The van der Waals surface area contributed by atoms with Crippen LogP contribution in [0.5, 0.6) is 5.75 Å². The van der Waals surface area contributed by atoms with Crippen LogP contribution in [0.2, 0.25) is 0 Å². The van der Waals surface area contributed by atoms with Crippen molar-refractivity contribution in [2.75, 3.05) is 12.4 Å². The molecule has 0 saturated carbocycles. The van der Waals surface area contributed by atoms with E-state index >= 15 is 0 Å². The number of aryl methyl sites for hydroxylation is 1. The van der Waals surface area contributed by atoms with Crippen LogP contribution in [0.1, 0.15) is 39.7 Å². The highest BCUT2D eigenvalue weighted by molar-refractivity contribution is 5.99. The highest BCUT2D eigenvalue weighted by Gasteiger charge is 2.22. The molecule has 0 bridgehead atoms. The number of nitrogens with one attached hydrogen (secondary N) is 3. The summed E-state index contributed by atoms with van der Waals surface area (Å²) in [5.41, 5.74) is 1.07. The molecule has 0 aliphatic rings. The van der Waals surface area contributed by atoms with Gasteiger partial charge in [0.1, 0.15) is 17.4 Å². The third-order valence-electron chi connectivity index (χ3n) is 4.88. The summed E-state index contributed by atoms with van der Waals surface area (Å²) in [5.74, 6) is -0.0143. The quantitative estimate of drug-likeness (QED) is 0.441. The summed E-state index contributed by atoms with van der Waals surface area (Å²) in [4.78, 5) is 37.2. The minimum Gasteiger partial charge on any atom is -0.497 e. The number of methoxy groups -OCH3 is 1. The summed E-state index contributed by atoms with van der Waals surface area (Å²) >= 11 is 0. The maximum Gasteiger partial charge on any atom is 0.408 e. The summed E-state index contributed by atoms with van der Waals surface area (Å²) < 4.78 is 10.3. The van der Waals surface area contributed by atoms with Crippen molar-refractivity contribution in [1.82, 2.24) is 10.6 Å². The fourth-order valence-electron chi connectivity index (χ4n) is 3.10. The highest BCUT2D eigenvalue weighted by Crippen LogP contribution is 2.15. The Balaban J connectivity index is 2.02. The molecule has 35 heavy (non-hydrogen) atoms. The highest BCUT2D eigenvalue weighted by atomic mass is 16.6. The second-order valence-corrected chi connectivity index (χ2v) is 9.08. The molecule has 3 amide bonds. The summed E-state index contributed by atoms with van der Waals surface area (Å²) in [6.07, 6.45) is 3.65. The molecular weight excluding hydrogens is 446 g/mol. The first-order valence-corrected chi connectivity index (χ1v) is 11.5. The molecule has 0 aliphatic carbocycles. The molecule has 2 aromatic rings. The van der Waals surface area contributed by atoms with Crippen LogP contribution in [0.4, 0.5) is 10.5 Å². The fourth-order valence-corrected chi connectivity index (χ4v) is 3.10. The van der Waals surface area contributed by atoms with Gasteiger partial charge in [-0.1, -0.05) is 36.4 Å². The van der Waals surface area contributed by atoms with E-state index in [4.69, 9.17) is 9.47 Å². The zero-order chi connectivity index (χ0) is 25.8. The van der Waals surface area contributed by atoms with Gasteiger partial charge in [0.25, 0.3) is 0 Å². The van der Waals surface area contributed by atoms with Crippen molar-refractivity contribution in [3.63, 3.8) is 0 Å². The maximum atomic E-state index is 12.7. The normalized spacial score (nSPS) is 12.9. The van der Waals surface area contributed by atoms with E-state index in [1.54, 1.807) is 65.1 Å². The molecule has 3 N–H and O–H groups in total. The number of amides is 3. The van der Waals surface area contributed by atoms with Gasteiger partial charge in [-0.3, -0.25) is 9.59 Å². The molecule has 8 nitrogen and oxygen atoms in total. The number of carbonyl (C=O) groups excluding carboxylic acids is 3. The number of hydrogen-bond donors (Lipinski definition) is 3. The molecule has 0 radical (unpaired) electrons. The van der Waals surface area contributed by atoms with E-state index in [9.17, 15) is 14.4 Å². The van der Waals surface area contributed by atoms with Gasteiger partial charge >= 0.3 is 6.09 Å². The molecule has 0 spiro atoms. The van der Waals surface area contributed by atoms with Crippen molar-refractivity contribution >= 4 is 23.6 Å². The first kappa shape index (κ1) is 27.4. The van der Waals surface area contributed by atoms with Crippen LogP contribution in [0, 0.1) is 0 Å².